The lowest BCUT2D eigenvalue weighted by Crippen LogP contribution is -2.50. The van der Waals surface area contributed by atoms with Crippen LogP contribution in [-0.2, 0) is 14.4 Å². The van der Waals surface area contributed by atoms with E-state index in [4.69, 9.17) is 4.52 Å². The summed E-state index contributed by atoms with van der Waals surface area (Å²) in [4.78, 5) is 48.4. The molecule has 1 saturated heterocycles. The van der Waals surface area contributed by atoms with Crippen LogP contribution in [0.5, 0.6) is 0 Å². The Kier molecular flexibility index (Phi) is 6.65. The van der Waals surface area contributed by atoms with E-state index in [1.807, 2.05) is 74.5 Å². The maximum atomic E-state index is 14.5. The molecule has 1 N–H and O–H groups in total. The summed E-state index contributed by atoms with van der Waals surface area (Å²) in [6.07, 6.45) is 1.76. The van der Waals surface area contributed by atoms with Gasteiger partial charge in [0.1, 0.15) is 4.32 Å². The van der Waals surface area contributed by atoms with Gasteiger partial charge in [0, 0.05) is 6.54 Å². The predicted octanol–water partition coefficient (Wildman–Crippen LogP) is 4.96. The first kappa shape index (κ1) is 27.7. The number of likely N-dealkylation sites (tertiary alicyclic amines) is 1. The number of aliphatic hydroxyl groups is 1. The SMILES string of the molecule is Cc1noc([C@@H](CO)CCCCN2C(=O)C3C4(C)C(=O)C(C)(C(c5ccccc5)=C4c4ccccc4)C3(Br)C2=O)n1. The quantitative estimate of drug-likeness (QED) is 0.205. The van der Waals surface area contributed by atoms with Crippen molar-refractivity contribution in [3.63, 3.8) is 0 Å². The number of fused-ring (bicyclic) bond motifs is 5. The molecule has 2 bridgehead atoms. The number of imide groups is 1. The second-order valence-electron chi connectivity index (χ2n) is 11.6. The minimum Gasteiger partial charge on any atom is -0.396 e. The fourth-order valence-corrected chi connectivity index (χ4v) is 8.75. The first-order chi connectivity index (χ1) is 19.6. The molecule has 1 aromatic heterocycles. The molecule has 4 unspecified atom stereocenters. The van der Waals surface area contributed by atoms with E-state index in [0.717, 1.165) is 22.3 Å². The van der Waals surface area contributed by atoms with Crippen molar-refractivity contribution in [2.45, 2.75) is 50.3 Å². The summed E-state index contributed by atoms with van der Waals surface area (Å²) < 4.78 is 3.83. The Morgan fingerprint density at radius 1 is 0.976 bits per heavy atom. The third kappa shape index (κ3) is 3.64. The first-order valence-electron chi connectivity index (χ1n) is 14.0. The van der Waals surface area contributed by atoms with Crippen molar-refractivity contribution >= 4 is 44.7 Å². The molecule has 2 amide bonds. The van der Waals surface area contributed by atoms with Crippen LogP contribution in [0.1, 0.15) is 61.9 Å². The molecule has 2 fully saturated rings. The molecule has 9 heteroatoms. The number of benzene rings is 2. The number of nitrogens with zero attached hydrogens (tertiary/aromatic N) is 3. The van der Waals surface area contributed by atoms with Crippen molar-refractivity contribution in [2.75, 3.05) is 13.2 Å². The number of hydrogen-bond donors (Lipinski definition) is 1. The van der Waals surface area contributed by atoms with Gasteiger partial charge >= 0.3 is 0 Å². The molecule has 2 aromatic carbocycles. The number of carbonyl (C=O) groups is 3. The molecule has 1 aliphatic heterocycles. The zero-order valence-electron chi connectivity index (χ0n) is 23.3. The highest BCUT2D eigenvalue weighted by molar-refractivity contribution is 9.10. The molecule has 3 aromatic rings. The van der Waals surface area contributed by atoms with E-state index in [9.17, 15) is 19.5 Å². The lowest BCUT2D eigenvalue weighted by Gasteiger charge is -2.41. The summed E-state index contributed by atoms with van der Waals surface area (Å²) in [6, 6.07) is 19.4. The van der Waals surface area contributed by atoms with Crippen LogP contribution in [0, 0.1) is 23.7 Å². The Bertz CT molecular complexity index is 1570. The molecule has 41 heavy (non-hydrogen) atoms. The molecule has 2 heterocycles. The first-order valence-corrected chi connectivity index (χ1v) is 14.8. The molecular formula is C32H32BrN3O5. The normalized spacial score (nSPS) is 29.5. The topological polar surface area (TPSA) is 114 Å². The van der Waals surface area contributed by atoms with Crippen molar-refractivity contribution in [1.29, 1.82) is 0 Å². The summed E-state index contributed by atoms with van der Waals surface area (Å²) in [5.41, 5.74) is 0.926. The van der Waals surface area contributed by atoms with E-state index in [1.165, 1.54) is 4.90 Å². The van der Waals surface area contributed by atoms with Gasteiger partial charge < -0.3 is 9.63 Å². The molecule has 1 saturated carbocycles. The fraction of sp³-hybridized carbons (Fsp3) is 0.406. The fourth-order valence-electron chi connectivity index (χ4n) is 7.50. The Morgan fingerprint density at radius 3 is 2.15 bits per heavy atom. The van der Waals surface area contributed by atoms with Crippen LogP contribution >= 0.6 is 15.9 Å². The summed E-state index contributed by atoms with van der Waals surface area (Å²) >= 11 is 3.79. The predicted molar refractivity (Wildman–Crippen MR) is 155 cm³/mol. The number of Topliss-reactive ketones (excluding diaryl/α,β-unsaturated/α-hetero) is 1. The van der Waals surface area contributed by atoms with Crippen molar-refractivity contribution in [1.82, 2.24) is 15.0 Å². The Labute approximate surface area is 246 Å². The van der Waals surface area contributed by atoms with E-state index in [2.05, 4.69) is 26.1 Å². The summed E-state index contributed by atoms with van der Waals surface area (Å²) in [6.45, 7) is 5.48. The highest BCUT2D eigenvalue weighted by Crippen LogP contribution is 2.77. The van der Waals surface area contributed by atoms with Crippen LogP contribution in [0.4, 0.5) is 0 Å². The minimum absolute atomic E-state index is 0.105. The number of rotatable bonds is 9. The number of aromatic nitrogens is 2. The number of ketones is 1. The number of alkyl halides is 1. The minimum atomic E-state index is -1.39. The second-order valence-corrected chi connectivity index (χ2v) is 12.9. The van der Waals surface area contributed by atoms with Crippen molar-refractivity contribution in [3.05, 3.63) is 83.5 Å². The smallest absolute Gasteiger partial charge is 0.248 e. The average molecular weight is 619 g/mol. The zero-order chi connectivity index (χ0) is 29.2. The molecule has 2 aliphatic carbocycles. The molecule has 8 nitrogen and oxygen atoms in total. The van der Waals surface area contributed by atoms with E-state index >= 15 is 0 Å². The van der Waals surface area contributed by atoms with Crippen LogP contribution in [0.3, 0.4) is 0 Å². The van der Waals surface area contributed by atoms with Crippen LogP contribution < -0.4 is 0 Å². The van der Waals surface area contributed by atoms with Gasteiger partial charge in [-0.25, -0.2) is 0 Å². The number of amides is 2. The third-order valence-corrected chi connectivity index (χ3v) is 11.0. The van der Waals surface area contributed by atoms with Gasteiger partial charge in [0.05, 0.1) is 29.3 Å². The molecule has 5 atom stereocenters. The number of aryl methyl sites for hydroxylation is 1. The molecule has 0 spiro atoms. The van der Waals surface area contributed by atoms with Gasteiger partial charge in [0.2, 0.25) is 17.7 Å². The van der Waals surface area contributed by atoms with Crippen LogP contribution in [-0.4, -0.2) is 55.2 Å². The highest BCUT2D eigenvalue weighted by Gasteiger charge is 2.85. The Hall–Kier alpha value is -3.43. The number of aliphatic hydroxyl groups excluding tert-OH is 1. The molecule has 6 rings (SSSR count). The number of allylic oxidation sites excluding steroid dienone is 2. The lowest BCUT2D eigenvalue weighted by atomic mass is 9.63. The number of carbonyl (C=O) groups excluding carboxylic acids is 3. The van der Waals surface area contributed by atoms with E-state index in [1.54, 1.807) is 6.92 Å². The monoisotopic (exact) mass is 617 g/mol. The second kappa shape index (κ2) is 9.84. The largest absolute Gasteiger partial charge is 0.396 e. The lowest BCUT2D eigenvalue weighted by molar-refractivity contribution is -0.144. The molecule has 212 valence electrons. The van der Waals surface area contributed by atoms with Gasteiger partial charge in [-0.05, 0) is 55.9 Å². The maximum Gasteiger partial charge on any atom is 0.248 e. The van der Waals surface area contributed by atoms with Crippen LogP contribution in [0.25, 0.3) is 11.1 Å². The van der Waals surface area contributed by atoms with Crippen LogP contribution in [0.2, 0.25) is 0 Å². The van der Waals surface area contributed by atoms with Gasteiger partial charge in [-0.2, -0.15) is 4.98 Å². The highest BCUT2D eigenvalue weighted by atomic mass is 79.9. The van der Waals surface area contributed by atoms with Crippen molar-refractivity contribution in [3.8, 4) is 0 Å². The van der Waals surface area contributed by atoms with Crippen LogP contribution in [0.15, 0.2) is 65.2 Å². The van der Waals surface area contributed by atoms with Gasteiger partial charge in [-0.15, -0.1) is 0 Å². The van der Waals surface area contributed by atoms with Crippen molar-refractivity contribution < 1.29 is 24.0 Å². The van der Waals surface area contributed by atoms with E-state index in [-0.39, 0.29) is 36.7 Å². The Morgan fingerprint density at radius 2 is 1.59 bits per heavy atom. The number of halogens is 1. The standard InChI is InChI=1S/C32H32BrN3O5/c1-19-34-26(41-35-19)22(18-37)16-10-11-17-36-27(38)25-30(2)23(20-12-6-4-7-13-20)24(21-14-8-5-9-15-21)31(3,28(30)39)32(25,33)29(36)40/h4-9,12-15,22,25,37H,10-11,16-18H2,1-3H3/t22-,25?,30?,31?,32?/m1/s1. The summed E-state index contributed by atoms with van der Waals surface area (Å²) in [5.74, 6) is -1.07. The van der Waals surface area contributed by atoms with E-state index in [0.29, 0.717) is 31.0 Å². The van der Waals surface area contributed by atoms with Gasteiger partial charge in [-0.3, -0.25) is 19.3 Å². The zero-order valence-corrected chi connectivity index (χ0v) is 24.8. The third-order valence-electron chi connectivity index (χ3n) is 9.39. The van der Waals surface area contributed by atoms with Gasteiger partial charge in [0.15, 0.2) is 11.6 Å². The molecular weight excluding hydrogens is 586 g/mol. The molecule has 3 aliphatic rings. The molecule has 0 radical (unpaired) electrons. The maximum absolute atomic E-state index is 14.5. The van der Waals surface area contributed by atoms with Gasteiger partial charge in [-0.1, -0.05) is 88.2 Å². The summed E-state index contributed by atoms with van der Waals surface area (Å²) in [5, 5.41) is 13.6. The average Bonchev–Trinajstić information content (AvgIpc) is 3.59. The summed E-state index contributed by atoms with van der Waals surface area (Å²) in [7, 11) is 0. The van der Waals surface area contributed by atoms with Crippen molar-refractivity contribution in [2.24, 2.45) is 16.7 Å². The number of hydrogen-bond acceptors (Lipinski definition) is 7. The van der Waals surface area contributed by atoms with E-state index < -0.39 is 21.1 Å². The van der Waals surface area contributed by atoms with Gasteiger partial charge in [0.25, 0.3) is 0 Å². The Balaban J connectivity index is 1.34. The number of unbranched alkanes of at least 4 members (excludes halogenated alkanes) is 1.